The summed E-state index contributed by atoms with van der Waals surface area (Å²) >= 11 is 0. The molecular weight excluding hydrogens is 682 g/mol. The lowest BCUT2D eigenvalue weighted by Crippen LogP contribution is -2.53. The van der Waals surface area contributed by atoms with Gasteiger partial charge in [0.15, 0.2) is 5.60 Å². The average molecular weight is 738 g/mol. The first kappa shape index (κ1) is 40.3. The molecule has 0 aliphatic heterocycles. The van der Waals surface area contributed by atoms with E-state index in [0.29, 0.717) is 17.9 Å². The third-order valence-electron chi connectivity index (χ3n) is 11.9. The smallest absolute Gasteiger partial charge is 0.265 e. The molecule has 0 radical (unpaired) electrons. The van der Waals surface area contributed by atoms with E-state index in [0.717, 1.165) is 24.0 Å². The lowest BCUT2D eigenvalue weighted by molar-refractivity contribution is -0.131. The summed E-state index contributed by atoms with van der Waals surface area (Å²) in [7, 11) is 1.61. The number of benzene rings is 2. The standard InChI is InChI=1S/C45H55NO8/c1-10-44(29(3)18-17-23-43(44,7)8)38-28(2)25-45(50,41(49)37-32(6)54-46-42(37)53-27-34-21-15-12-16-22-34)40(48)31(5)39(47)30(4)35(24-36(38)51-9)52-26-33-19-13-11-14-20-33/h11-16,18-22,24,28,38,47,50H,10,17,23,25-27H2,1-9H3/b35-30+,36-24+,39-31-/t28?,38-,44+,45-/m1/s1. The van der Waals surface area contributed by atoms with Gasteiger partial charge < -0.3 is 28.9 Å². The van der Waals surface area contributed by atoms with Crippen LogP contribution in [0, 0.1) is 29.6 Å². The van der Waals surface area contributed by atoms with Crippen LogP contribution in [-0.2, 0) is 27.5 Å². The summed E-state index contributed by atoms with van der Waals surface area (Å²) in [5.41, 5.74) is -0.590. The van der Waals surface area contributed by atoms with Gasteiger partial charge in [0, 0.05) is 28.6 Å². The van der Waals surface area contributed by atoms with Gasteiger partial charge in [0.2, 0.25) is 11.6 Å². The molecule has 1 heterocycles. The Bertz CT molecular complexity index is 1970. The Hall–Kier alpha value is -4.89. The van der Waals surface area contributed by atoms with Gasteiger partial charge in [-0.15, -0.1) is 0 Å². The Morgan fingerprint density at radius 1 is 0.944 bits per heavy atom. The zero-order chi connectivity index (χ0) is 39.4. The number of aryl methyl sites for hydroxylation is 1. The first-order valence-corrected chi connectivity index (χ1v) is 18.8. The molecule has 0 fully saturated rings. The van der Waals surface area contributed by atoms with Crippen molar-refractivity contribution >= 4 is 11.6 Å². The molecule has 2 aliphatic rings. The van der Waals surface area contributed by atoms with E-state index in [2.05, 4.69) is 38.9 Å². The second kappa shape index (κ2) is 16.2. The summed E-state index contributed by atoms with van der Waals surface area (Å²) in [5.74, 6) is -2.43. The molecule has 2 N–H and O–H groups in total. The van der Waals surface area contributed by atoms with E-state index in [1.165, 1.54) is 12.5 Å². The number of allylic oxidation sites excluding steroid dienone is 5. The molecule has 0 saturated heterocycles. The van der Waals surface area contributed by atoms with Gasteiger partial charge in [0.05, 0.1) is 7.11 Å². The molecule has 2 aromatic carbocycles. The number of methoxy groups -OCH3 is 1. The summed E-state index contributed by atoms with van der Waals surface area (Å²) < 4.78 is 24.2. The minimum Gasteiger partial charge on any atom is -0.507 e. The Kier molecular flexibility index (Phi) is 12.1. The largest absolute Gasteiger partial charge is 0.507 e. The van der Waals surface area contributed by atoms with Crippen molar-refractivity contribution in [2.24, 2.45) is 22.7 Å². The summed E-state index contributed by atoms with van der Waals surface area (Å²) in [5, 5.41) is 28.6. The first-order valence-electron chi connectivity index (χ1n) is 18.8. The SMILES string of the molecule is CC[C@@]1([C@H]2\C(OC)=C/C(OCc3ccccc3)=C(C)\C(O)=C(/C)C(=O)[C@@](O)(C(=O)c3c(OCc4ccccc4)noc3C)CC2C)C(C)=CCCC1(C)C. The number of Topliss-reactive ketones (excluding diaryl/α,β-unsaturated/α-hetero) is 2. The van der Waals surface area contributed by atoms with E-state index < -0.39 is 40.2 Å². The Morgan fingerprint density at radius 2 is 1.54 bits per heavy atom. The minimum atomic E-state index is -2.66. The van der Waals surface area contributed by atoms with Gasteiger partial charge in [-0.05, 0) is 81.0 Å². The van der Waals surface area contributed by atoms with Crippen molar-refractivity contribution in [3.63, 3.8) is 0 Å². The molecule has 0 amide bonds. The second-order valence-electron chi connectivity index (χ2n) is 15.5. The maximum Gasteiger partial charge on any atom is 0.265 e. The number of aliphatic hydroxyl groups excluding tert-OH is 1. The van der Waals surface area contributed by atoms with Crippen molar-refractivity contribution in [1.29, 1.82) is 0 Å². The number of nitrogens with zero attached hydrogens (tertiary/aromatic N) is 1. The van der Waals surface area contributed by atoms with Crippen LogP contribution in [0.3, 0.4) is 0 Å². The van der Waals surface area contributed by atoms with Crippen LogP contribution in [0.2, 0.25) is 0 Å². The number of carbonyl (C=O) groups excluding carboxylic acids is 2. The summed E-state index contributed by atoms with van der Waals surface area (Å²) in [4.78, 5) is 29.7. The summed E-state index contributed by atoms with van der Waals surface area (Å²) in [6, 6.07) is 19.0. The Balaban J connectivity index is 1.74. The maximum atomic E-state index is 14.9. The third kappa shape index (κ3) is 7.43. The molecule has 0 saturated carbocycles. The number of aliphatic hydroxyl groups is 2. The highest BCUT2D eigenvalue weighted by Gasteiger charge is 2.57. The van der Waals surface area contributed by atoms with Crippen molar-refractivity contribution in [2.75, 3.05) is 7.11 Å². The zero-order valence-corrected chi connectivity index (χ0v) is 33.1. The number of rotatable bonds is 11. The number of ketones is 2. The predicted octanol–water partition coefficient (Wildman–Crippen LogP) is 9.72. The normalized spacial score (nSPS) is 28.7. The summed E-state index contributed by atoms with van der Waals surface area (Å²) in [6.07, 6.45) is 6.31. The molecule has 9 nitrogen and oxygen atoms in total. The molecular formula is C45H55NO8. The molecule has 9 heteroatoms. The number of aromatic nitrogens is 1. The van der Waals surface area contributed by atoms with Crippen LogP contribution >= 0.6 is 0 Å². The predicted molar refractivity (Wildman–Crippen MR) is 207 cm³/mol. The molecule has 1 aromatic heterocycles. The highest BCUT2D eigenvalue weighted by Crippen LogP contribution is 2.62. The fraction of sp³-hybridized carbons (Fsp3) is 0.444. The van der Waals surface area contributed by atoms with E-state index in [4.69, 9.17) is 18.7 Å². The van der Waals surface area contributed by atoms with Gasteiger partial charge >= 0.3 is 0 Å². The molecule has 3 aromatic rings. The van der Waals surface area contributed by atoms with Crippen LogP contribution < -0.4 is 4.74 Å². The van der Waals surface area contributed by atoms with Gasteiger partial charge in [-0.25, -0.2) is 0 Å². The third-order valence-corrected chi connectivity index (χ3v) is 11.9. The molecule has 4 atom stereocenters. The Morgan fingerprint density at radius 3 is 2.09 bits per heavy atom. The number of hydrogen-bond acceptors (Lipinski definition) is 9. The van der Waals surface area contributed by atoms with Crippen LogP contribution in [0.5, 0.6) is 5.88 Å². The van der Waals surface area contributed by atoms with Crippen molar-refractivity contribution in [3.8, 4) is 5.88 Å². The average Bonchev–Trinajstić information content (AvgIpc) is 3.54. The van der Waals surface area contributed by atoms with Crippen LogP contribution in [-0.4, -0.2) is 39.6 Å². The molecule has 54 heavy (non-hydrogen) atoms. The fourth-order valence-corrected chi connectivity index (χ4v) is 8.97. The lowest BCUT2D eigenvalue weighted by atomic mass is 9.48. The molecule has 5 rings (SSSR count). The highest BCUT2D eigenvalue weighted by molar-refractivity contribution is 6.23. The molecule has 0 bridgehead atoms. The van der Waals surface area contributed by atoms with Gasteiger partial charge in [-0.3, -0.25) is 9.59 Å². The molecule has 288 valence electrons. The number of hydrogen-bond donors (Lipinski definition) is 2. The quantitative estimate of drug-likeness (QED) is 0.112. The molecule has 2 aliphatic carbocycles. The molecule has 0 spiro atoms. The van der Waals surface area contributed by atoms with Crippen LogP contribution in [0.4, 0.5) is 0 Å². The van der Waals surface area contributed by atoms with Crippen molar-refractivity contribution in [2.45, 2.75) is 99.9 Å². The zero-order valence-electron chi connectivity index (χ0n) is 33.1. The monoisotopic (exact) mass is 737 g/mol. The van der Waals surface area contributed by atoms with Crippen molar-refractivity contribution in [3.05, 3.63) is 129 Å². The fourth-order valence-electron chi connectivity index (χ4n) is 8.97. The first-order chi connectivity index (χ1) is 25.6. The topological polar surface area (TPSA) is 128 Å². The van der Waals surface area contributed by atoms with Gasteiger partial charge in [-0.2, -0.15) is 0 Å². The number of ether oxygens (including phenoxy) is 3. The van der Waals surface area contributed by atoms with Crippen molar-refractivity contribution < 1.29 is 38.5 Å². The van der Waals surface area contributed by atoms with Gasteiger partial charge in [0.1, 0.15) is 41.8 Å². The van der Waals surface area contributed by atoms with Crippen LogP contribution in [0.25, 0.3) is 0 Å². The lowest BCUT2D eigenvalue weighted by Gasteiger charge is -2.56. The number of carbonyl (C=O) groups is 2. The Labute approximate surface area is 319 Å². The van der Waals surface area contributed by atoms with E-state index in [-0.39, 0.29) is 53.4 Å². The van der Waals surface area contributed by atoms with Gasteiger partial charge in [0.25, 0.3) is 5.88 Å². The maximum absolute atomic E-state index is 14.9. The van der Waals surface area contributed by atoms with E-state index >= 15 is 0 Å². The highest BCUT2D eigenvalue weighted by atomic mass is 16.5. The van der Waals surface area contributed by atoms with E-state index in [1.54, 1.807) is 21.0 Å². The van der Waals surface area contributed by atoms with Crippen molar-refractivity contribution in [1.82, 2.24) is 5.16 Å². The second-order valence-corrected chi connectivity index (χ2v) is 15.5. The van der Waals surface area contributed by atoms with Crippen LogP contribution in [0.1, 0.15) is 101 Å². The van der Waals surface area contributed by atoms with E-state index in [1.807, 2.05) is 73.7 Å². The van der Waals surface area contributed by atoms with Gasteiger partial charge in [-0.1, -0.05) is 100 Å². The summed E-state index contributed by atoms with van der Waals surface area (Å²) in [6.45, 7) is 15.6. The molecule has 1 unspecified atom stereocenters. The van der Waals surface area contributed by atoms with Crippen LogP contribution in [0.15, 0.2) is 111 Å². The van der Waals surface area contributed by atoms with E-state index in [9.17, 15) is 19.8 Å². The minimum absolute atomic E-state index is 0.0785.